The average Bonchev–Trinajstić information content (AvgIpc) is 2.70. The lowest BCUT2D eigenvalue weighted by Gasteiger charge is -2.34. The van der Waals surface area contributed by atoms with Crippen LogP contribution >= 0.6 is 34.8 Å². The SMILES string of the molecule is O=S(=O)(c1cc(Cl)ccc1Cl)N1CCN(Cc2cc(Cl)cc3c2OCOC3)CC1. The number of hydrogen-bond acceptors (Lipinski definition) is 5. The van der Waals surface area contributed by atoms with E-state index in [9.17, 15) is 8.42 Å². The lowest BCUT2D eigenvalue weighted by molar-refractivity contribution is -0.0175. The molecule has 0 bridgehead atoms. The molecular weight excluding hydrogens is 459 g/mol. The minimum absolute atomic E-state index is 0.0393. The molecule has 0 saturated carbocycles. The van der Waals surface area contributed by atoms with Crippen molar-refractivity contribution in [2.75, 3.05) is 33.0 Å². The molecule has 1 fully saturated rings. The molecular formula is C19H19Cl3N2O4S. The lowest BCUT2D eigenvalue weighted by Crippen LogP contribution is -2.48. The topological polar surface area (TPSA) is 59.1 Å². The Morgan fingerprint density at radius 3 is 2.48 bits per heavy atom. The second-order valence-electron chi connectivity index (χ2n) is 6.92. The van der Waals surface area contributed by atoms with Crippen molar-refractivity contribution in [3.63, 3.8) is 0 Å². The van der Waals surface area contributed by atoms with Crippen LogP contribution in [0.2, 0.25) is 15.1 Å². The van der Waals surface area contributed by atoms with Gasteiger partial charge in [0.05, 0.1) is 11.6 Å². The molecule has 0 aromatic heterocycles. The highest BCUT2D eigenvalue weighted by Crippen LogP contribution is 2.33. The van der Waals surface area contributed by atoms with E-state index in [0.29, 0.717) is 49.4 Å². The van der Waals surface area contributed by atoms with Gasteiger partial charge in [-0.15, -0.1) is 0 Å². The van der Waals surface area contributed by atoms with E-state index in [1.165, 1.54) is 16.4 Å². The molecule has 2 heterocycles. The zero-order valence-corrected chi connectivity index (χ0v) is 18.5. The van der Waals surface area contributed by atoms with Gasteiger partial charge in [0.2, 0.25) is 10.0 Å². The van der Waals surface area contributed by atoms with Gasteiger partial charge in [-0.1, -0.05) is 34.8 Å². The summed E-state index contributed by atoms with van der Waals surface area (Å²) in [6.45, 7) is 3.18. The van der Waals surface area contributed by atoms with Crippen LogP contribution in [0.1, 0.15) is 11.1 Å². The summed E-state index contributed by atoms with van der Waals surface area (Å²) in [4.78, 5) is 2.22. The molecule has 0 unspecified atom stereocenters. The molecule has 29 heavy (non-hydrogen) atoms. The quantitative estimate of drug-likeness (QED) is 0.666. The van der Waals surface area contributed by atoms with Gasteiger partial charge in [-0.3, -0.25) is 4.90 Å². The van der Waals surface area contributed by atoms with Gasteiger partial charge in [-0.05, 0) is 30.3 Å². The Labute approximate surface area is 184 Å². The summed E-state index contributed by atoms with van der Waals surface area (Å²) in [5.41, 5.74) is 1.90. The normalized spacial score (nSPS) is 18.3. The number of ether oxygens (including phenoxy) is 2. The molecule has 0 spiro atoms. The minimum atomic E-state index is -3.70. The Bertz CT molecular complexity index is 1020. The van der Waals surface area contributed by atoms with Crippen molar-refractivity contribution < 1.29 is 17.9 Å². The summed E-state index contributed by atoms with van der Waals surface area (Å²) >= 11 is 18.3. The first-order valence-electron chi connectivity index (χ1n) is 9.04. The van der Waals surface area contributed by atoms with Crippen LogP contribution < -0.4 is 4.74 Å². The van der Waals surface area contributed by atoms with E-state index in [1.807, 2.05) is 12.1 Å². The molecule has 10 heteroatoms. The fraction of sp³-hybridized carbons (Fsp3) is 0.368. The van der Waals surface area contributed by atoms with Crippen LogP contribution in [0.4, 0.5) is 0 Å². The van der Waals surface area contributed by atoms with Crippen LogP contribution in [0.3, 0.4) is 0 Å². The minimum Gasteiger partial charge on any atom is -0.467 e. The highest BCUT2D eigenvalue weighted by atomic mass is 35.5. The standard InChI is InChI=1S/C19H19Cl3N2O4S/c20-15-1-2-17(22)18(9-15)29(25,26)24-5-3-23(4-6-24)10-13-7-16(21)8-14-11-27-12-28-19(13)14/h1-2,7-9H,3-6,10-12H2. The lowest BCUT2D eigenvalue weighted by atomic mass is 10.1. The zero-order valence-electron chi connectivity index (χ0n) is 15.4. The largest absolute Gasteiger partial charge is 0.467 e. The number of benzene rings is 2. The van der Waals surface area contributed by atoms with Gasteiger partial charge in [0, 0.05) is 53.9 Å². The van der Waals surface area contributed by atoms with Crippen molar-refractivity contribution >= 4 is 44.8 Å². The van der Waals surface area contributed by atoms with E-state index >= 15 is 0 Å². The Kier molecular flexibility index (Phi) is 6.27. The van der Waals surface area contributed by atoms with Gasteiger partial charge in [0.1, 0.15) is 10.6 Å². The maximum Gasteiger partial charge on any atom is 0.244 e. The third-order valence-corrected chi connectivity index (χ3v) is 7.82. The van der Waals surface area contributed by atoms with E-state index in [1.54, 1.807) is 6.07 Å². The zero-order chi connectivity index (χ0) is 20.6. The van der Waals surface area contributed by atoms with Crippen LogP contribution in [0.25, 0.3) is 0 Å². The maximum atomic E-state index is 13.0. The van der Waals surface area contributed by atoms with E-state index in [0.717, 1.165) is 16.9 Å². The van der Waals surface area contributed by atoms with Crippen molar-refractivity contribution in [1.29, 1.82) is 0 Å². The molecule has 0 amide bonds. The molecule has 4 rings (SSSR count). The molecule has 2 aliphatic rings. The van der Waals surface area contributed by atoms with Crippen LogP contribution in [-0.4, -0.2) is 50.6 Å². The fourth-order valence-electron chi connectivity index (χ4n) is 3.56. The molecule has 156 valence electrons. The third-order valence-electron chi connectivity index (χ3n) is 4.99. The summed E-state index contributed by atoms with van der Waals surface area (Å²) < 4.78 is 38.4. The molecule has 0 N–H and O–H groups in total. The van der Waals surface area contributed by atoms with Gasteiger partial charge in [-0.2, -0.15) is 4.31 Å². The van der Waals surface area contributed by atoms with Crippen LogP contribution in [0.5, 0.6) is 5.75 Å². The molecule has 2 aromatic rings. The second kappa shape index (κ2) is 8.59. The average molecular weight is 478 g/mol. The summed E-state index contributed by atoms with van der Waals surface area (Å²) in [7, 11) is -3.70. The number of hydrogen-bond donors (Lipinski definition) is 0. The number of sulfonamides is 1. The van der Waals surface area contributed by atoms with Gasteiger partial charge in [0.15, 0.2) is 6.79 Å². The Hall–Kier alpha value is -1.06. The van der Waals surface area contributed by atoms with Crippen molar-refractivity contribution in [3.05, 3.63) is 56.5 Å². The Balaban J connectivity index is 1.46. The molecule has 0 atom stereocenters. The van der Waals surface area contributed by atoms with Gasteiger partial charge in [0.25, 0.3) is 0 Å². The van der Waals surface area contributed by atoms with Crippen LogP contribution in [0.15, 0.2) is 35.2 Å². The highest BCUT2D eigenvalue weighted by Gasteiger charge is 2.31. The monoisotopic (exact) mass is 476 g/mol. The predicted molar refractivity (Wildman–Crippen MR) is 112 cm³/mol. The van der Waals surface area contributed by atoms with E-state index in [4.69, 9.17) is 44.3 Å². The van der Waals surface area contributed by atoms with Crippen LogP contribution in [-0.2, 0) is 27.9 Å². The van der Waals surface area contributed by atoms with Gasteiger partial charge in [-0.25, -0.2) is 8.42 Å². The Morgan fingerprint density at radius 1 is 0.966 bits per heavy atom. The number of fused-ring (bicyclic) bond motifs is 1. The second-order valence-corrected chi connectivity index (χ2v) is 10.1. The summed E-state index contributed by atoms with van der Waals surface area (Å²) in [5.74, 6) is 0.807. The van der Waals surface area contributed by atoms with Crippen molar-refractivity contribution in [3.8, 4) is 5.75 Å². The fourth-order valence-corrected chi connectivity index (χ4v) is 5.98. The summed E-state index contributed by atoms with van der Waals surface area (Å²) in [6.07, 6.45) is 0. The van der Waals surface area contributed by atoms with Crippen molar-refractivity contribution in [2.45, 2.75) is 18.0 Å². The number of rotatable bonds is 4. The molecule has 6 nitrogen and oxygen atoms in total. The predicted octanol–water partition coefficient (Wildman–Crippen LogP) is 4.02. The molecule has 1 saturated heterocycles. The molecule has 2 aromatic carbocycles. The number of piperazine rings is 1. The first-order chi connectivity index (χ1) is 13.8. The van der Waals surface area contributed by atoms with E-state index in [-0.39, 0.29) is 16.7 Å². The molecule has 0 radical (unpaired) electrons. The van der Waals surface area contributed by atoms with Crippen LogP contribution in [0, 0.1) is 0 Å². The summed E-state index contributed by atoms with van der Waals surface area (Å²) in [6, 6.07) is 8.20. The van der Waals surface area contributed by atoms with E-state index < -0.39 is 10.0 Å². The number of nitrogens with zero attached hydrogens (tertiary/aromatic N) is 2. The third kappa shape index (κ3) is 4.51. The van der Waals surface area contributed by atoms with Crippen molar-refractivity contribution in [2.24, 2.45) is 0 Å². The molecule has 0 aliphatic carbocycles. The van der Waals surface area contributed by atoms with Gasteiger partial charge < -0.3 is 9.47 Å². The molecule has 2 aliphatic heterocycles. The Morgan fingerprint density at radius 2 is 1.72 bits per heavy atom. The number of halogens is 3. The maximum absolute atomic E-state index is 13.0. The highest BCUT2D eigenvalue weighted by molar-refractivity contribution is 7.89. The smallest absolute Gasteiger partial charge is 0.244 e. The van der Waals surface area contributed by atoms with Gasteiger partial charge >= 0.3 is 0 Å². The van der Waals surface area contributed by atoms with E-state index in [2.05, 4.69) is 4.90 Å². The first kappa shape index (κ1) is 21.2. The first-order valence-corrected chi connectivity index (χ1v) is 11.6. The van der Waals surface area contributed by atoms with Crippen molar-refractivity contribution in [1.82, 2.24) is 9.21 Å². The summed E-state index contributed by atoms with van der Waals surface area (Å²) in [5, 5.41) is 1.13.